The lowest BCUT2D eigenvalue weighted by Gasteiger charge is -2.37. The van der Waals surface area contributed by atoms with Crippen LogP contribution < -0.4 is 5.32 Å². The minimum Gasteiger partial charge on any atom is -0.298 e. The van der Waals surface area contributed by atoms with E-state index >= 15 is 0 Å². The number of hydrogen-bond acceptors (Lipinski definition) is 5. The van der Waals surface area contributed by atoms with Gasteiger partial charge >= 0.3 is 0 Å². The zero-order chi connectivity index (χ0) is 14.1. The first-order valence-electron chi connectivity index (χ1n) is 6.99. The van der Waals surface area contributed by atoms with Gasteiger partial charge in [-0.05, 0) is 32.6 Å². The number of nitrogens with zero attached hydrogens (tertiary/aromatic N) is 2. The molecule has 0 bridgehead atoms. The number of rotatable bonds is 5. The van der Waals surface area contributed by atoms with Gasteiger partial charge in [0.2, 0.25) is 0 Å². The van der Waals surface area contributed by atoms with Gasteiger partial charge in [0, 0.05) is 25.7 Å². The van der Waals surface area contributed by atoms with Crippen molar-refractivity contribution < 1.29 is 8.42 Å². The van der Waals surface area contributed by atoms with Crippen molar-refractivity contribution in [2.75, 3.05) is 31.1 Å². The van der Waals surface area contributed by atoms with E-state index in [2.05, 4.69) is 30.1 Å². The van der Waals surface area contributed by atoms with E-state index in [4.69, 9.17) is 0 Å². The second-order valence-electron chi connectivity index (χ2n) is 6.08. The summed E-state index contributed by atoms with van der Waals surface area (Å²) >= 11 is 0. The van der Waals surface area contributed by atoms with E-state index in [0.29, 0.717) is 25.6 Å². The Kier molecular flexibility index (Phi) is 4.19. The zero-order valence-electron chi connectivity index (χ0n) is 11.7. The summed E-state index contributed by atoms with van der Waals surface area (Å²) in [5, 5.41) is 13.0. The number of nitrogens with one attached hydrogen (secondary N) is 1. The summed E-state index contributed by atoms with van der Waals surface area (Å²) in [7, 11) is -2.85. The molecule has 1 aliphatic carbocycles. The molecule has 0 radical (unpaired) electrons. The predicted octanol–water partition coefficient (Wildman–Crippen LogP) is 0.387. The Hall–Kier alpha value is -0.640. The predicted molar refractivity (Wildman–Crippen MR) is 74.4 cm³/mol. The monoisotopic (exact) mass is 285 g/mol. The Bertz CT molecular complexity index is 451. The summed E-state index contributed by atoms with van der Waals surface area (Å²) in [6.07, 6.45) is 2.19. The molecule has 19 heavy (non-hydrogen) atoms. The van der Waals surface area contributed by atoms with Gasteiger partial charge in [0.1, 0.15) is 5.54 Å². The van der Waals surface area contributed by atoms with Crippen molar-refractivity contribution in [1.29, 1.82) is 5.26 Å². The third-order valence-electron chi connectivity index (χ3n) is 3.93. The van der Waals surface area contributed by atoms with Crippen LogP contribution in [0.4, 0.5) is 0 Å². The fraction of sp³-hybridized carbons (Fsp3) is 0.923. The van der Waals surface area contributed by atoms with Crippen LogP contribution in [0.1, 0.15) is 26.7 Å². The molecule has 108 valence electrons. The topological polar surface area (TPSA) is 73.2 Å². The maximum Gasteiger partial charge on any atom is 0.152 e. The molecule has 0 aromatic carbocycles. The van der Waals surface area contributed by atoms with Crippen molar-refractivity contribution in [3.63, 3.8) is 0 Å². The lowest BCUT2D eigenvalue weighted by Crippen LogP contribution is -2.58. The first-order valence-corrected chi connectivity index (χ1v) is 8.81. The second-order valence-corrected chi connectivity index (χ2v) is 8.39. The SMILES string of the molecule is CC(C)NC(C#N)(CN1CCS(=O)(=O)CC1)C1CC1. The molecule has 1 unspecified atom stereocenters. The molecule has 2 rings (SSSR count). The van der Waals surface area contributed by atoms with Crippen molar-refractivity contribution in [1.82, 2.24) is 10.2 Å². The molecule has 1 atom stereocenters. The largest absolute Gasteiger partial charge is 0.298 e. The highest BCUT2D eigenvalue weighted by atomic mass is 32.2. The average Bonchev–Trinajstić information content (AvgIpc) is 3.14. The average molecular weight is 285 g/mol. The van der Waals surface area contributed by atoms with Gasteiger partial charge in [-0.25, -0.2) is 8.42 Å². The van der Waals surface area contributed by atoms with Gasteiger partial charge in [0.05, 0.1) is 17.6 Å². The number of hydrogen-bond donors (Lipinski definition) is 1. The number of nitriles is 1. The highest BCUT2D eigenvalue weighted by Crippen LogP contribution is 2.40. The molecule has 1 saturated carbocycles. The van der Waals surface area contributed by atoms with Crippen LogP contribution in [0.5, 0.6) is 0 Å². The van der Waals surface area contributed by atoms with Gasteiger partial charge in [-0.3, -0.25) is 10.2 Å². The fourth-order valence-electron chi connectivity index (χ4n) is 2.80. The van der Waals surface area contributed by atoms with E-state index in [1.54, 1.807) is 0 Å². The van der Waals surface area contributed by atoms with Crippen molar-refractivity contribution in [2.24, 2.45) is 5.92 Å². The molecular formula is C13H23N3O2S. The molecule has 1 heterocycles. The standard InChI is InChI=1S/C13H23N3O2S/c1-11(2)15-13(9-14,12-3-4-12)10-16-5-7-19(17,18)8-6-16/h11-12,15H,3-8,10H2,1-2H3. The van der Waals surface area contributed by atoms with Gasteiger partial charge in [-0.2, -0.15) is 5.26 Å². The third kappa shape index (κ3) is 3.68. The van der Waals surface area contributed by atoms with Gasteiger partial charge in [-0.1, -0.05) is 0 Å². The first-order chi connectivity index (χ1) is 8.87. The van der Waals surface area contributed by atoms with Gasteiger partial charge in [-0.15, -0.1) is 0 Å². The van der Waals surface area contributed by atoms with Crippen LogP contribution in [0, 0.1) is 17.2 Å². The molecule has 1 aliphatic heterocycles. The third-order valence-corrected chi connectivity index (χ3v) is 5.54. The summed E-state index contributed by atoms with van der Waals surface area (Å²) < 4.78 is 22.9. The van der Waals surface area contributed by atoms with E-state index in [1.165, 1.54) is 0 Å². The molecule has 2 fully saturated rings. The second kappa shape index (κ2) is 5.39. The normalized spacial score (nSPS) is 26.8. The Balaban J connectivity index is 2.03. The van der Waals surface area contributed by atoms with Gasteiger partial charge < -0.3 is 0 Å². The lowest BCUT2D eigenvalue weighted by atomic mass is 9.93. The molecular weight excluding hydrogens is 262 g/mol. The Morgan fingerprint density at radius 3 is 2.37 bits per heavy atom. The van der Waals surface area contributed by atoms with Crippen LogP contribution in [0.2, 0.25) is 0 Å². The Morgan fingerprint density at radius 2 is 1.95 bits per heavy atom. The minimum absolute atomic E-state index is 0.223. The van der Waals surface area contributed by atoms with Crippen LogP contribution in [0.3, 0.4) is 0 Å². The van der Waals surface area contributed by atoms with Gasteiger partial charge in [0.15, 0.2) is 9.84 Å². The molecule has 0 spiro atoms. The fourth-order valence-corrected chi connectivity index (χ4v) is 4.08. The summed E-state index contributed by atoms with van der Waals surface area (Å²) in [5.74, 6) is 0.861. The Labute approximate surface area is 115 Å². The van der Waals surface area contributed by atoms with Crippen LogP contribution >= 0.6 is 0 Å². The zero-order valence-corrected chi connectivity index (χ0v) is 12.5. The minimum atomic E-state index is -2.85. The van der Waals surface area contributed by atoms with E-state index in [0.717, 1.165) is 12.8 Å². The van der Waals surface area contributed by atoms with Gasteiger partial charge in [0.25, 0.3) is 0 Å². The van der Waals surface area contributed by atoms with E-state index in [-0.39, 0.29) is 17.5 Å². The molecule has 0 aromatic heterocycles. The smallest absolute Gasteiger partial charge is 0.152 e. The number of sulfone groups is 1. The van der Waals surface area contributed by atoms with Crippen LogP contribution in [-0.2, 0) is 9.84 Å². The highest BCUT2D eigenvalue weighted by molar-refractivity contribution is 7.91. The lowest BCUT2D eigenvalue weighted by molar-refractivity contribution is 0.198. The quantitative estimate of drug-likeness (QED) is 0.791. The maximum atomic E-state index is 11.4. The van der Waals surface area contributed by atoms with E-state index in [1.807, 2.05) is 0 Å². The van der Waals surface area contributed by atoms with Crippen molar-refractivity contribution in [2.45, 2.75) is 38.3 Å². The van der Waals surface area contributed by atoms with Crippen LogP contribution in [0.25, 0.3) is 0 Å². The Morgan fingerprint density at radius 1 is 1.37 bits per heavy atom. The highest BCUT2D eigenvalue weighted by Gasteiger charge is 2.47. The van der Waals surface area contributed by atoms with Crippen molar-refractivity contribution in [3.8, 4) is 6.07 Å². The van der Waals surface area contributed by atoms with Crippen LogP contribution in [0.15, 0.2) is 0 Å². The van der Waals surface area contributed by atoms with Crippen LogP contribution in [-0.4, -0.2) is 56.0 Å². The van der Waals surface area contributed by atoms with E-state index < -0.39 is 15.4 Å². The first kappa shape index (κ1) is 14.8. The summed E-state index contributed by atoms with van der Waals surface area (Å²) in [6.45, 7) is 5.85. The summed E-state index contributed by atoms with van der Waals surface area (Å²) in [4.78, 5) is 2.12. The molecule has 0 aromatic rings. The molecule has 5 nitrogen and oxygen atoms in total. The molecule has 1 saturated heterocycles. The van der Waals surface area contributed by atoms with E-state index in [9.17, 15) is 13.7 Å². The molecule has 6 heteroatoms. The van der Waals surface area contributed by atoms with Crippen molar-refractivity contribution in [3.05, 3.63) is 0 Å². The molecule has 0 amide bonds. The molecule has 2 aliphatic rings. The maximum absolute atomic E-state index is 11.4. The van der Waals surface area contributed by atoms with Crippen molar-refractivity contribution >= 4 is 9.84 Å². The molecule has 1 N–H and O–H groups in total. The summed E-state index contributed by atoms with van der Waals surface area (Å²) in [5.41, 5.74) is -0.505. The summed E-state index contributed by atoms with van der Waals surface area (Å²) in [6, 6.07) is 2.73.